The number of halogens is 1. The van der Waals surface area contributed by atoms with Gasteiger partial charge in [0.05, 0.1) is 11.1 Å². The molecule has 5 heteroatoms. The Balaban J connectivity index is 1.56. The minimum Gasteiger partial charge on any atom is -0.460 e. The van der Waals surface area contributed by atoms with Crippen LogP contribution < -0.4 is 0 Å². The van der Waals surface area contributed by atoms with E-state index in [9.17, 15) is 4.79 Å². The predicted octanol–water partition coefficient (Wildman–Crippen LogP) is 4.38. The van der Waals surface area contributed by atoms with Gasteiger partial charge in [-0.15, -0.1) is 0 Å². The second-order valence-corrected chi connectivity index (χ2v) is 5.72. The first-order valence-electron chi connectivity index (χ1n) is 6.98. The number of carbonyl (C=O) groups is 1. The maximum atomic E-state index is 12.0. The summed E-state index contributed by atoms with van der Waals surface area (Å²) < 4.78 is 11.6. The van der Waals surface area contributed by atoms with Crippen molar-refractivity contribution in [2.75, 3.05) is 6.61 Å². The molecule has 0 unspecified atom stereocenters. The fourth-order valence-corrected chi connectivity index (χ4v) is 2.65. The molecule has 0 bridgehead atoms. The second kappa shape index (κ2) is 6.75. The molecule has 3 rings (SSSR count). The lowest BCUT2D eigenvalue weighted by Gasteiger charge is -2.02. The topological polar surface area (TPSA) is 52.3 Å². The van der Waals surface area contributed by atoms with Crippen LogP contribution >= 0.6 is 15.9 Å². The molecule has 3 aromatic rings. The molecule has 0 fully saturated rings. The minimum atomic E-state index is -0.436. The summed E-state index contributed by atoms with van der Waals surface area (Å²) in [7, 11) is 0. The summed E-state index contributed by atoms with van der Waals surface area (Å²) in [6.07, 6.45) is 5.13. The normalized spacial score (nSPS) is 10.8. The van der Waals surface area contributed by atoms with Crippen LogP contribution in [0.2, 0.25) is 0 Å². The molecule has 0 N–H and O–H groups in total. The zero-order valence-corrected chi connectivity index (χ0v) is 13.4. The summed E-state index contributed by atoms with van der Waals surface area (Å²) >= 11 is 3.40. The van der Waals surface area contributed by atoms with Crippen molar-refractivity contribution in [1.29, 1.82) is 0 Å². The monoisotopic (exact) mass is 359 g/mol. The van der Waals surface area contributed by atoms with Crippen molar-refractivity contribution in [3.63, 3.8) is 0 Å². The Hall–Kier alpha value is -2.14. The number of carbonyl (C=O) groups excluding carboxylic acids is 1. The highest BCUT2D eigenvalue weighted by atomic mass is 79.9. The van der Waals surface area contributed by atoms with Gasteiger partial charge in [0.15, 0.2) is 0 Å². The molecular weight excluding hydrogens is 346 g/mol. The number of para-hydroxylation sites is 1. The largest absolute Gasteiger partial charge is 0.460 e. The molecule has 0 atom stereocenters. The van der Waals surface area contributed by atoms with Gasteiger partial charge >= 0.3 is 5.97 Å². The Morgan fingerprint density at radius 3 is 2.95 bits per heavy atom. The van der Waals surface area contributed by atoms with E-state index in [4.69, 9.17) is 9.15 Å². The standard InChI is InChI=1S/C17H14BrNO3/c18-14-7-1-6-13-10-15(22-16(13)14)17(20)21-9-3-5-12-4-2-8-19-11-12/h1-2,4,6-8,10-11H,3,5,9H2. The molecule has 0 saturated heterocycles. The number of pyridine rings is 1. The highest BCUT2D eigenvalue weighted by molar-refractivity contribution is 9.10. The molecule has 0 aliphatic rings. The maximum absolute atomic E-state index is 12.0. The van der Waals surface area contributed by atoms with Crippen molar-refractivity contribution in [3.05, 3.63) is 64.6 Å². The Labute approximate surface area is 136 Å². The smallest absolute Gasteiger partial charge is 0.374 e. The van der Waals surface area contributed by atoms with Crippen molar-refractivity contribution in [3.8, 4) is 0 Å². The third-order valence-corrected chi connectivity index (χ3v) is 3.89. The van der Waals surface area contributed by atoms with E-state index < -0.39 is 5.97 Å². The third-order valence-electron chi connectivity index (χ3n) is 3.26. The van der Waals surface area contributed by atoms with E-state index in [2.05, 4.69) is 20.9 Å². The maximum Gasteiger partial charge on any atom is 0.374 e. The second-order valence-electron chi connectivity index (χ2n) is 4.87. The molecule has 2 aromatic heterocycles. The van der Waals surface area contributed by atoms with Crippen molar-refractivity contribution < 1.29 is 13.9 Å². The Kier molecular flexibility index (Phi) is 4.53. The van der Waals surface area contributed by atoms with Gasteiger partial charge in [0, 0.05) is 17.8 Å². The summed E-state index contributed by atoms with van der Waals surface area (Å²) in [6, 6.07) is 11.3. The molecule has 112 valence electrons. The van der Waals surface area contributed by atoms with Gasteiger partial charge in [-0.2, -0.15) is 0 Å². The summed E-state index contributed by atoms with van der Waals surface area (Å²) in [5.74, 6) is -0.211. The van der Waals surface area contributed by atoms with Crippen molar-refractivity contribution in [1.82, 2.24) is 4.98 Å². The molecule has 2 heterocycles. The van der Waals surface area contributed by atoms with E-state index in [0.29, 0.717) is 12.2 Å². The van der Waals surface area contributed by atoms with E-state index >= 15 is 0 Å². The van der Waals surface area contributed by atoms with Crippen molar-refractivity contribution in [2.24, 2.45) is 0 Å². The lowest BCUT2D eigenvalue weighted by Crippen LogP contribution is -2.06. The van der Waals surface area contributed by atoms with E-state index in [1.807, 2.05) is 36.5 Å². The summed E-state index contributed by atoms with van der Waals surface area (Å²) in [5, 5.41) is 0.872. The lowest BCUT2D eigenvalue weighted by molar-refractivity contribution is 0.0467. The highest BCUT2D eigenvalue weighted by Crippen LogP contribution is 2.27. The first kappa shape index (κ1) is 14.8. The number of ether oxygens (including phenoxy) is 1. The van der Waals surface area contributed by atoms with E-state index in [1.165, 1.54) is 0 Å². The minimum absolute atomic E-state index is 0.225. The molecule has 0 spiro atoms. The number of nitrogens with zero attached hydrogens (tertiary/aromatic N) is 1. The zero-order chi connectivity index (χ0) is 15.4. The van der Waals surface area contributed by atoms with Gasteiger partial charge in [-0.25, -0.2) is 4.79 Å². The Morgan fingerprint density at radius 1 is 1.27 bits per heavy atom. The molecule has 0 amide bonds. The lowest BCUT2D eigenvalue weighted by atomic mass is 10.2. The summed E-state index contributed by atoms with van der Waals surface area (Å²) in [4.78, 5) is 16.0. The van der Waals surface area contributed by atoms with Crippen LogP contribution in [0.4, 0.5) is 0 Å². The number of benzene rings is 1. The van der Waals surface area contributed by atoms with Crippen LogP contribution in [0, 0.1) is 0 Å². The number of hydrogen-bond donors (Lipinski definition) is 0. The van der Waals surface area contributed by atoms with Gasteiger partial charge in [-0.3, -0.25) is 4.98 Å². The fourth-order valence-electron chi connectivity index (χ4n) is 2.19. The van der Waals surface area contributed by atoms with Crippen LogP contribution in [0.15, 0.2) is 57.7 Å². The summed E-state index contributed by atoms with van der Waals surface area (Å²) in [6.45, 7) is 0.353. The number of aryl methyl sites for hydroxylation is 1. The molecule has 0 aliphatic carbocycles. The first-order valence-corrected chi connectivity index (χ1v) is 7.77. The van der Waals surface area contributed by atoms with Gasteiger partial charge in [0.1, 0.15) is 5.58 Å². The van der Waals surface area contributed by atoms with Gasteiger partial charge in [-0.05, 0) is 52.5 Å². The van der Waals surface area contributed by atoms with Gasteiger partial charge in [0.2, 0.25) is 5.76 Å². The van der Waals surface area contributed by atoms with Crippen molar-refractivity contribution >= 4 is 32.9 Å². The molecule has 0 radical (unpaired) electrons. The van der Waals surface area contributed by atoms with Crippen LogP contribution in [0.25, 0.3) is 11.0 Å². The van der Waals surface area contributed by atoms with E-state index in [1.54, 1.807) is 12.3 Å². The zero-order valence-electron chi connectivity index (χ0n) is 11.8. The number of fused-ring (bicyclic) bond motifs is 1. The van der Waals surface area contributed by atoms with Crippen LogP contribution in [-0.2, 0) is 11.2 Å². The quantitative estimate of drug-likeness (QED) is 0.501. The van der Waals surface area contributed by atoms with E-state index in [-0.39, 0.29) is 5.76 Å². The molecular formula is C17H14BrNO3. The van der Waals surface area contributed by atoms with Crippen LogP contribution in [-0.4, -0.2) is 17.6 Å². The van der Waals surface area contributed by atoms with Crippen LogP contribution in [0.3, 0.4) is 0 Å². The number of rotatable bonds is 5. The van der Waals surface area contributed by atoms with Crippen LogP contribution in [0.1, 0.15) is 22.5 Å². The molecule has 0 aliphatic heterocycles. The summed E-state index contributed by atoms with van der Waals surface area (Å²) in [5.41, 5.74) is 1.79. The average Bonchev–Trinajstić information content (AvgIpc) is 2.98. The third kappa shape index (κ3) is 3.36. The van der Waals surface area contributed by atoms with E-state index in [0.717, 1.165) is 28.3 Å². The predicted molar refractivity (Wildman–Crippen MR) is 86.8 cm³/mol. The van der Waals surface area contributed by atoms with Crippen LogP contribution in [0.5, 0.6) is 0 Å². The van der Waals surface area contributed by atoms with Gasteiger partial charge in [0.25, 0.3) is 0 Å². The average molecular weight is 360 g/mol. The SMILES string of the molecule is O=C(OCCCc1cccnc1)c1cc2cccc(Br)c2o1. The molecule has 0 saturated carbocycles. The first-order chi connectivity index (χ1) is 10.7. The van der Waals surface area contributed by atoms with Gasteiger partial charge in [-0.1, -0.05) is 18.2 Å². The number of aromatic nitrogens is 1. The Morgan fingerprint density at radius 2 is 2.18 bits per heavy atom. The number of furan rings is 1. The molecule has 1 aromatic carbocycles. The number of esters is 1. The Bertz CT molecular complexity index is 783. The molecule has 22 heavy (non-hydrogen) atoms. The fraction of sp³-hybridized carbons (Fsp3) is 0.176. The highest BCUT2D eigenvalue weighted by Gasteiger charge is 2.14. The van der Waals surface area contributed by atoms with Gasteiger partial charge < -0.3 is 9.15 Å². The molecule has 4 nitrogen and oxygen atoms in total. The van der Waals surface area contributed by atoms with Crippen molar-refractivity contribution in [2.45, 2.75) is 12.8 Å². The number of hydrogen-bond acceptors (Lipinski definition) is 4.